The fourth-order valence-electron chi connectivity index (χ4n) is 3.75. The van der Waals surface area contributed by atoms with Crippen molar-refractivity contribution in [3.8, 4) is 22.6 Å². The Bertz CT molecular complexity index is 1260. The molecule has 0 aliphatic carbocycles. The third-order valence-electron chi connectivity index (χ3n) is 5.31. The molecule has 4 aromatic rings. The summed E-state index contributed by atoms with van der Waals surface area (Å²) in [5.74, 6) is -1.40. The first kappa shape index (κ1) is 21.1. The lowest BCUT2D eigenvalue weighted by atomic mass is 10.1. The summed E-state index contributed by atoms with van der Waals surface area (Å²) in [4.78, 5) is 22.8. The average Bonchev–Trinajstić information content (AvgIpc) is 3.47. The molecule has 5 N–H and O–H groups in total. The Kier molecular flexibility index (Phi) is 5.87. The van der Waals surface area contributed by atoms with Gasteiger partial charge in [-0.15, -0.1) is 0 Å². The molecule has 4 rings (SSSR count). The molecule has 1 amide bonds. The number of nitrogens with two attached hydrogens (primary N) is 2. The summed E-state index contributed by atoms with van der Waals surface area (Å²) in [5.41, 5.74) is 16.9. The largest absolute Gasteiger partial charge is 0.481 e. The van der Waals surface area contributed by atoms with Crippen LogP contribution in [0.2, 0.25) is 0 Å². The first-order valence-electron chi connectivity index (χ1n) is 10.1. The summed E-state index contributed by atoms with van der Waals surface area (Å²) in [6.45, 7) is 0.199. The lowest BCUT2D eigenvalue weighted by Gasteiger charge is -2.18. The molecule has 0 aliphatic heterocycles. The average molecular weight is 429 g/mol. The van der Waals surface area contributed by atoms with Gasteiger partial charge in [-0.1, -0.05) is 12.1 Å². The van der Waals surface area contributed by atoms with Crippen molar-refractivity contribution in [1.82, 2.24) is 14.3 Å². The molecule has 0 saturated carbocycles. The van der Waals surface area contributed by atoms with Crippen LogP contribution in [0, 0.1) is 0 Å². The van der Waals surface area contributed by atoms with Gasteiger partial charge in [0.15, 0.2) is 0 Å². The molecule has 0 atom stereocenters. The van der Waals surface area contributed by atoms with Crippen molar-refractivity contribution in [3.63, 3.8) is 0 Å². The maximum absolute atomic E-state index is 11.6. The van der Waals surface area contributed by atoms with Gasteiger partial charge in [-0.2, -0.15) is 5.10 Å². The maximum atomic E-state index is 11.6. The van der Waals surface area contributed by atoms with Crippen LogP contribution < -0.4 is 11.5 Å². The first-order valence-corrected chi connectivity index (χ1v) is 10.1. The van der Waals surface area contributed by atoms with Crippen molar-refractivity contribution in [1.29, 1.82) is 0 Å². The fourth-order valence-corrected chi connectivity index (χ4v) is 3.75. The molecular weight excluding hydrogens is 406 g/mol. The Balaban J connectivity index is 1.82. The van der Waals surface area contributed by atoms with Crippen LogP contribution in [-0.2, 0) is 17.8 Å². The van der Waals surface area contributed by atoms with Crippen molar-refractivity contribution >= 4 is 11.9 Å². The normalized spacial score (nSPS) is 10.9. The van der Waals surface area contributed by atoms with Gasteiger partial charge in [0, 0.05) is 30.2 Å². The molecule has 2 aromatic heterocycles. The number of rotatable bonds is 8. The van der Waals surface area contributed by atoms with Crippen molar-refractivity contribution < 1.29 is 14.7 Å². The Morgan fingerprint density at radius 1 is 1.03 bits per heavy atom. The highest BCUT2D eigenvalue weighted by Crippen LogP contribution is 2.30. The predicted octanol–water partition coefficient (Wildman–Crippen LogP) is 2.90. The fraction of sp³-hybridized carbons (Fsp3) is 0.125. The maximum Gasteiger partial charge on any atom is 0.303 e. The van der Waals surface area contributed by atoms with Crippen LogP contribution in [0.15, 0.2) is 73.1 Å². The molecule has 8 heteroatoms. The van der Waals surface area contributed by atoms with Gasteiger partial charge in [0.05, 0.1) is 23.5 Å². The van der Waals surface area contributed by atoms with Crippen molar-refractivity contribution in [2.24, 2.45) is 11.5 Å². The van der Waals surface area contributed by atoms with E-state index in [4.69, 9.17) is 11.5 Å². The van der Waals surface area contributed by atoms with Crippen LogP contribution in [0.4, 0.5) is 0 Å². The van der Waals surface area contributed by atoms with Crippen molar-refractivity contribution in [3.05, 3.63) is 89.9 Å². The molecule has 0 aliphatic rings. The molecule has 0 unspecified atom stereocenters. The van der Waals surface area contributed by atoms with Gasteiger partial charge in [-0.3, -0.25) is 9.59 Å². The van der Waals surface area contributed by atoms with E-state index in [9.17, 15) is 14.7 Å². The molecule has 0 fully saturated rings. The Hall–Kier alpha value is -4.17. The molecule has 2 aromatic carbocycles. The van der Waals surface area contributed by atoms with Crippen LogP contribution in [0.1, 0.15) is 28.0 Å². The lowest BCUT2D eigenvalue weighted by molar-refractivity contribution is -0.136. The monoisotopic (exact) mass is 429 g/mol. The molecule has 0 bridgehead atoms. The SMILES string of the molecule is NCc1cc(C(N)=O)ccc1-n1c(CCC(=O)O)ccc1-c1ccc(-n2cccn2)cc1. The number of hydrogen-bond acceptors (Lipinski definition) is 4. The smallest absolute Gasteiger partial charge is 0.303 e. The van der Waals surface area contributed by atoms with E-state index in [-0.39, 0.29) is 13.0 Å². The lowest BCUT2D eigenvalue weighted by Crippen LogP contribution is -2.14. The number of carboxylic acids is 1. The van der Waals surface area contributed by atoms with Gasteiger partial charge in [0.1, 0.15) is 0 Å². The summed E-state index contributed by atoms with van der Waals surface area (Å²) in [6, 6.07) is 18.8. The summed E-state index contributed by atoms with van der Waals surface area (Å²) >= 11 is 0. The summed E-state index contributed by atoms with van der Waals surface area (Å²) < 4.78 is 3.77. The Labute approximate surface area is 184 Å². The highest BCUT2D eigenvalue weighted by atomic mass is 16.4. The van der Waals surface area contributed by atoms with E-state index in [0.717, 1.165) is 33.9 Å². The zero-order chi connectivity index (χ0) is 22.7. The first-order chi connectivity index (χ1) is 15.5. The van der Waals surface area contributed by atoms with Gasteiger partial charge in [0.25, 0.3) is 0 Å². The number of primary amides is 1. The number of aliphatic carboxylic acids is 1. The van der Waals surface area contributed by atoms with E-state index in [0.29, 0.717) is 12.0 Å². The zero-order valence-electron chi connectivity index (χ0n) is 17.3. The molecule has 162 valence electrons. The van der Waals surface area contributed by atoms with Crippen LogP contribution in [-0.4, -0.2) is 31.3 Å². The third-order valence-corrected chi connectivity index (χ3v) is 5.31. The summed E-state index contributed by atoms with van der Waals surface area (Å²) in [6.07, 6.45) is 3.94. The molecule has 32 heavy (non-hydrogen) atoms. The van der Waals surface area contributed by atoms with Crippen LogP contribution in [0.5, 0.6) is 0 Å². The van der Waals surface area contributed by atoms with E-state index in [1.54, 1.807) is 29.1 Å². The van der Waals surface area contributed by atoms with Crippen LogP contribution in [0.25, 0.3) is 22.6 Å². The van der Waals surface area contributed by atoms with Crippen molar-refractivity contribution in [2.45, 2.75) is 19.4 Å². The highest BCUT2D eigenvalue weighted by Gasteiger charge is 2.17. The molecule has 8 nitrogen and oxygen atoms in total. The molecule has 0 spiro atoms. The number of nitrogens with zero attached hydrogens (tertiary/aromatic N) is 3. The number of carboxylic acid groups (broad SMARTS) is 1. The molecule has 0 saturated heterocycles. The number of aryl methyl sites for hydroxylation is 1. The Morgan fingerprint density at radius 3 is 2.44 bits per heavy atom. The minimum atomic E-state index is -0.869. The number of carbonyl (C=O) groups is 2. The second-order valence-electron chi connectivity index (χ2n) is 7.35. The standard InChI is InChI=1S/C24H23N5O3/c25-15-18-14-17(24(26)32)4-9-22(18)29-20(8-11-23(30)31)7-10-21(29)16-2-5-19(6-3-16)28-13-1-12-27-28/h1-7,9-10,12-14H,8,11,15,25H2,(H2,26,32)(H,30,31). The topological polar surface area (TPSA) is 129 Å². The molecular formula is C24H23N5O3. The summed E-state index contributed by atoms with van der Waals surface area (Å²) in [5, 5.41) is 13.4. The van der Waals surface area contributed by atoms with E-state index in [2.05, 4.69) is 5.10 Å². The van der Waals surface area contributed by atoms with E-state index in [1.807, 2.05) is 53.2 Å². The van der Waals surface area contributed by atoms with Crippen LogP contribution >= 0.6 is 0 Å². The number of carbonyl (C=O) groups excluding carboxylic acids is 1. The number of hydrogen-bond donors (Lipinski definition) is 3. The number of amides is 1. The summed E-state index contributed by atoms with van der Waals surface area (Å²) in [7, 11) is 0. The van der Waals surface area contributed by atoms with Gasteiger partial charge in [-0.05, 0) is 66.1 Å². The van der Waals surface area contributed by atoms with E-state index in [1.165, 1.54) is 0 Å². The predicted molar refractivity (Wildman–Crippen MR) is 121 cm³/mol. The quantitative estimate of drug-likeness (QED) is 0.397. The molecule has 0 radical (unpaired) electrons. The van der Waals surface area contributed by atoms with Gasteiger partial charge in [-0.25, -0.2) is 4.68 Å². The van der Waals surface area contributed by atoms with Gasteiger partial charge >= 0.3 is 5.97 Å². The van der Waals surface area contributed by atoms with E-state index < -0.39 is 11.9 Å². The van der Waals surface area contributed by atoms with Crippen LogP contribution in [0.3, 0.4) is 0 Å². The number of benzene rings is 2. The van der Waals surface area contributed by atoms with Gasteiger partial charge < -0.3 is 21.1 Å². The second-order valence-corrected chi connectivity index (χ2v) is 7.35. The molecule has 2 heterocycles. The van der Waals surface area contributed by atoms with Gasteiger partial charge in [0.2, 0.25) is 5.91 Å². The minimum absolute atomic E-state index is 0.000974. The Morgan fingerprint density at radius 2 is 1.81 bits per heavy atom. The zero-order valence-corrected chi connectivity index (χ0v) is 17.3. The highest BCUT2D eigenvalue weighted by molar-refractivity contribution is 5.93. The van der Waals surface area contributed by atoms with Crippen molar-refractivity contribution in [2.75, 3.05) is 0 Å². The number of aromatic nitrogens is 3. The second kappa shape index (κ2) is 8.91. The third kappa shape index (κ3) is 4.17. The van der Waals surface area contributed by atoms with E-state index >= 15 is 0 Å². The minimum Gasteiger partial charge on any atom is -0.481 e.